The van der Waals surface area contributed by atoms with Crippen molar-refractivity contribution in [2.75, 3.05) is 33.7 Å². The first-order valence-electron chi connectivity index (χ1n) is 49.7. The van der Waals surface area contributed by atoms with Crippen LogP contribution in [0.15, 0.2) is 255 Å². The second-order valence-electron chi connectivity index (χ2n) is 42.2. The topological polar surface area (TPSA) is 61.2 Å². The van der Waals surface area contributed by atoms with Gasteiger partial charge in [0.25, 0.3) is 33.7 Å². The van der Waals surface area contributed by atoms with Gasteiger partial charge in [-0.15, -0.1) is 0 Å². The van der Waals surface area contributed by atoms with Crippen LogP contribution in [0.4, 0.5) is 28.4 Å². The average molecular weight is 1810 g/mol. The van der Waals surface area contributed by atoms with Crippen LogP contribution >= 0.6 is 0 Å². The third-order valence-corrected chi connectivity index (χ3v) is 31.1. The summed E-state index contributed by atoms with van der Waals surface area (Å²) in [4.78, 5) is 0. The Morgan fingerprint density at radius 3 is 0.956 bits per heavy atom. The lowest BCUT2D eigenvalue weighted by Crippen LogP contribution is -2.49. The summed E-state index contributed by atoms with van der Waals surface area (Å²) in [6, 6.07) is 91.1. The van der Waals surface area contributed by atoms with Crippen molar-refractivity contribution in [3.05, 3.63) is 399 Å². The summed E-state index contributed by atoms with van der Waals surface area (Å²) in [5.41, 5.74) is 39.3. The van der Waals surface area contributed by atoms with Crippen LogP contribution in [0.5, 0.6) is 28.7 Å². The molecule has 696 valence electrons. The first-order valence-corrected chi connectivity index (χ1v) is 49.7. The van der Waals surface area contributed by atoms with E-state index in [2.05, 4.69) is 461 Å². The molecule has 4 bridgehead atoms. The zero-order chi connectivity index (χ0) is 95.9. The van der Waals surface area contributed by atoms with Crippen LogP contribution in [0.3, 0.4) is 0 Å². The number of hydrogen-bond acceptors (Lipinski definition) is 5. The molecule has 9 aliphatic rings. The Balaban J connectivity index is 0.000000119. The molecule has 10 nitrogen and oxygen atoms in total. The number of nitrogens with zero attached hydrogens (tertiary/aromatic N) is 5. The van der Waals surface area contributed by atoms with Crippen LogP contribution in [0, 0.1) is 108 Å². The SMILES string of the molecule is CCC(C)(C)c1cc2c(c(C(C)(C)CC)c1)OC[N+](c1c(C)cccc1C)=C2.Cc1cc2c(c(C(C)(C)c3ccccc3)c1)OC[N+](c1c(C)cccc1C)=C2.Cc1cc2c(c(C34CC5CC(CC(C5)C3)C4)c1)OC[N+](c1c(C)cccc1C)=C2.Cc1cccc(C)c1[N+]1=Cc2cccc(C(C)(c3ccccc3)c3ccccc3)c2OC1.Cc1cccc2c1OC[N+](c1c(C)cccc1C)=C2. The van der Waals surface area contributed by atoms with Crippen LogP contribution in [0.25, 0.3) is 0 Å². The Labute approximate surface area is 811 Å². The number of fused-ring (bicyclic) bond motifs is 5. The lowest BCUT2D eigenvalue weighted by Gasteiger charge is -2.57. The fraction of sp³-hybridized carbons (Fsp3) is 0.341. The molecule has 0 saturated heterocycles. The minimum absolute atomic E-state index is 0.0819. The normalized spacial score (nSPS) is 17.5. The molecular formula is C126H142N5O5+5. The largest absolute Gasteiger partial charge is 0.435 e. The third-order valence-electron chi connectivity index (χ3n) is 31.1. The van der Waals surface area contributed by atoms with E-state index in [-0.39, 0.29) is 21.7 Å². The molecule has 0 N–H and O–H groups in total. The molecule has 5 aliphatic heterocycles. The van der Waals surface area contributed by atoms with Gasteiger partial charge in [0.15, 0.2) is 31.1 Å². The van der Waals surface area contributed by atoms with Crippen LogP contribution in [-0.2, 0) is 27.1 Å². The van der Waals surface area contributed by atoms with E-state index in [1.54, 1.807) is 0 Å². The van der Waals surface area contributed by atoms with E-state index in [1.165, 1.54) is 201 Å². The molecule has 0 aromatic heterocycles. The summed E-state index contributed by atoms with van der Waals surface area (Å²) in [6.07, 6.45) is 22.1. The molecular weight excluding hydrogens is 1660 g/mol. The van der Waals surface area contributed by atoms with Crippen LogP contribution in [-0.4, -0.2) is 87.6 Å². The number of para-hydroxylation sites is 7. The maximum absolute atomic E-state index is 6.57. The molecule has 4 aliphatic carbocycles. The minimum atomic E-state index is -0.331. The van der Waals surface area contributed by atoms with Gasteiger partial charge in [0.1, 0.15) is 28.7 Å². The lowest BCUT2D eigenvalue weighted by molar-refractivity contribution is -0.477. The number of benzene rings is 13. The van der Waals surface area contributed by atoms with Crippen molar-refractivity contribution in [2.45, 2.75) is 231 Å². The van der Waals surface area contributed by atoms with Gasteiger partial charge in [0.05, 0.1) is 27.8 Å². The van der Waals surface area contributed by atoms with Crippen LogP contribution in [0.1, 0.15) is 258 Å². The van der Waals surface area contributed by atoms with Crippen molar-refractivity contribution in [2.24, 2.45) is 17.8 Å². The van der Waals surface area contributed by atoms with Gasteiger partial charge in [0.2, 0.25) is 28.4 Å². The summed E-state index contributed by atoms with van der Waals surface area (Å²) in [5.74, 6) is 8.07. The van der Waals surface area contributed by atoms with Gasteiger partial charge in [-0.2, -0.15) is 22.9 Å². The first kappa shape index (κ1) is 95.0. The molecule has 13 aromatic rings. The first-order chi connectivity index (χ1) is 65.2. The van der Waals surface area contributed by atoms with E-state index in [9.17, 15) is 0 Å². The van der Waals surface area contributed by atoms with E-state index in [1.807, 2.05) is 0 Å². The summed E-state index contributed by atoms with van der Waals surface area (Å²) in [7, 11) is 0. The maximum atomic E-state index is 6.57. The van der Waals surface area contributed by atoms with Crippen molar-refractivity contribution in [1.82, 2.24) is 0 Å². The van der Waals surface area contributed by atoms with Crippen molar-refractivity contribution in [3.8, 4) is 28.7 Å². The van der Waals surface area contributed by atoms with E-state index in [4.69, 9.17) is 23.7 Å². The number of hydrogen-bond donors (Lipinski definition) is 0. The molecule has 0 unspecified atom stereocenters. The van der Waals surface area contributed by atoms with Crippen molar-refractivity contribution < 1.29 is 46.6 Å². The zero-order valence-electron chi connectivity index (χ0n) is 84.8. The molecule has 10 heteroatoms. The monoisotopic (exact) mass is 1810 g/mol. The molecule has 13 aromatic carbocycles. The molecule has 0 amide bonds. The van der Waals surface area contributed by atoms with E-state index < -0.39 is 0 Å². The van der Waals surface area contributed by atoms with E-state index >= 15 is 0 Å². The van der Waals surface area contributed by atoms with E-state index in [0.29, 0.717) is 39.1 Å². The zero-order valence-corrected chi connectivity index (χ0v) is 84.8. The van der Waals surface area contributed by atoms with Gasteiger partial charge in [-0.3, -0.25) is 0 Å². The molecule has 0 spiro atoms. The molecule has 0 radical (unpaired) electrons. The summed E-state index contributed by atoms with van der Waals surface area (Å²) < 4.78 is 43.0. The molecule has 22 rings (SSSR count). The third kappa shape index (κ3) is 19.1. The predicted octanol–water partition coefficient (Wildman–Crippen LogP) is 29.5. The summed E-state index contributed by atoms with van der Waals surface area (Å²) >= 11 is 0. The highest BCUT2D eigenvalue weighted by Crippen LogP contribution is 2.63. The minimum Gasteiger partial charge on any atom is -0.435 e. The van der Waals surface area contributed by atoms with Crippen LogP contribution in [0.2, 0.25) is 0 Å². The average Bonchev–Trinajstić information content (AvgIpc) is 0.720. The predicted molar refractivity (Wildman–Crippen MR) is 562 cm³/mol. The Bertz CT molecular complexity index is 6680. The van der Waals surface area contributed by atoms with Gasteiger partial charge in [-0.25, -0.2) is 0 Å². The number of ether oxygens (including phenoxy) is 5. The molecule has 4 fully saturated rings. The van der Waals surface area contributed by atoms with Gasteiger partial charge in [-0.1, -0.05) is 280 Å². The van der Waals surface area contributed by atoms with Gasteiger partial charge >= 0.3 is 0 Å². The lowest BCUT2D eigenvalue weighted by atomic mass is 9.48. The maximum Gasteiger partial charge on any atom is 0.292 e. The molecule has 5 heterocycles. The second-order valence-corrected chi connectivity index (χ2v) is 42.2. The fourth-order valence-electron chi connectivity index (χ4n) is 23.5. The van der Waals surface area contributed by atoms with Gasteiger partial charge in [-0.05, 0) is 252 Å². The number of aryl methyl sites for hydroxylation is 13. The second kappa shape index (κ2) is 39.1. The number of rotatable bonds is 15. The van der Waals surface area contributed by atoms with Crippen molar-refractivity contribution in [1.29, 1.82) is 0 Å². The molecule has 136 heavy (non-hydrogen) atoms. The van der Waals surface area contributed by atoms with E-state index in [0.717, 1.165) is 70.3 Å². The Morgan fingerprint density at radius 2 is 0.566 bits per heavy atom. The smallest absolute Gasteiger partial charge is 0.292 e. The standard InChI is InChI=1S/C30H28NO.C27H32NO.C26H28NO.C26H36NO.C17H18NO/c1-22-12-10-13-23(2)28(22)31-20-24-14-11-19-27(29(24)32-21-31)30(3,25-15-6-4-7-16-25)26-17-8-5-9-18-26;1-17-7-23-15-28(25-18(2)5-4-6-19(25)3)16-29-26(23)24(8-17)27-12-20-9-21(13-27)11-22(10-20)14-27;1-18-14-21-16-27(24-19(2)10-9-11-20(24)3)17-28-25(21)23(15-18)26(4,5)22-12-7-6-8-13-22;1-9-25(5,6)21-14-20-16-27(23-18(3)12-11-13-19(23)4)17-28-24(20)22(15-21)26(7,8)10-2;1-12-6-4-7-13(2)16(12)18-10-15-9-5-8-14(3)17(15)19-11-18/h4-20H,21H2,1-3H3;4-8,15,20-22H,9-14,16H2,1-3H3;6-16H,17H2,1-5H3;11-16H,9-10,17H2,1-8H3;4-10H,11H2,1-3H3/q5*+1. The van der Waals surface area contributed by atoms with Crippen molar-refractivity contribution in [3.63, 3.8) is 0 Å². The molecule has 4 saturated carbocycles. The Kier molecular flexibility index (Phi) is 27.3. The Morgan fingerprint density at radius 1 is 0.265 bits per heavy atom. The molecule has 0 atom stereocenters. The van der Waals surface area contributed by atoms with Gasteiger partial charge < -0.3 is 23.7 Å². The highest BCUT2D eigenvalue weighted by atomic mass is 16.5. The van der Waals surface area contributed by atoms with Crippen LogP contribution < -0.4 is 23.7 Å². The highest BCUT2D eigenvalue weighted by molar-refractivity contribution is 5.87. The van der Waals surface area contributed by atoms with Gasteiger partial charge in [0, 0.05) is 88.7 Å². The summed E-state index contributed by atoms with van der Waals surface area (Å²) in [5, 5.41) is 0. The fourth-order valence-corrected chi connectivity index (χ4v) is 23.5. The summed E-state index contributed by atoms with van der Waals surface area (Å²) in [6.45, 7) is 51.6. The van der Waals surface area contributed by atoms with Crippen molar-refractivity contribution >= 4 is 59.5 Å². The Hall–Kier alpha value is -12.8. The quantitative estimate of drug-likeness (QED) is 0.0756. The highest BCUT2D eigenvalue weighted by Gasteiger charge is 2.53.